The van der Waals surface area contributed by atoms with Crippen molar-refractivity contribution in [2.75, 3.05) is 5.32 Å². The molecule has 0 saturated heterocycles. The number of benzene rings is 2. The number of halogens is 3. The molecular weight excluding hydrogens is 384 g/mol. The molecule has 0 heterocycles. The van der Waals surface area contributed by atoms with E-state index in [4.69, 9.17) is 11.6 Å². The third-order valence-corrected chi connectivity index (χ3v) is 3.53. The van der Waals surface area contributed by atoms with E-state index in [0.29, 0.717) is 3.57 Å². The second kappa shape index (κ2) is 5.75. The van der Waals surface area contributed by atoms with E-state index in [1.165, 1.54) is 18.2 Å². The van der Waals surface area contributed by atoms with Gasteiger partial charge in [-0.2, -0.15) is 0 Å². The lowest BCUT2D eigenvalue weighted by molar-refractivity contribution is 0.102. The average Bonchev–Trinajstić information content (AvgIpc) is 2.36. The third-order valence-electron chi connectivity index (χ3n) is 2.39. The molecule has 98 valence electrons. The van der Waals surface area contributed by atoms with Crippen molar-refractivity contribution in [3.05, 3.63) is 56.4 Å². The van der Waals surface area contributed by atoms with Crippen molar-refractivity contribution in [3.8, 4) is 5.75 Å². The maximum Gasteiger partial charge on any atom is 0.255 e. The van der Waals surface area contributed by atoms with Gasteiger partial charge < -0.3 is 10.4 Å². The van der Waals surface area contributed by atoms with E-state index < -0.39 is 11.7 Å². The number of hydrogen-bond donors (Lipinski definition) is 2. The van der Waals surface area contributed by atoms with E-state index in [2.05, 4.69) is 5.32 Å². The van der Waals surface area contributed by atoms with E-state index in [1.54, 1.807) is 12.1 Å². The minimum atomic E-state index is -0.615. The molecule has 0 aliphatic heterocycles. The Morgan fingerprint density at radius 2 is 2.00 bits per heavy atom. The second-order valence-corrected chi connectivity index (χ2v) is 5.34. The summed E-state index contributed by atoms with van der Waals surface area (Å²) in [5.74, 6) is -1.12. The Kier molecular flexibility index (Phi) is 4.26. The van der Waals surface area contributed by atoms with Gasteiger partial charge in [0.05, 0.1) is 9.26 Å². The first-order valence-corrected chi connectivity index (χ1v) is 6.68. The number of rotatable bonds is 2. The summed E-state index contributed by atoms with van der Waals surface area (Å²) in [5, 5.41) is 12.2. The van der Waals surface area contributed by atoms with Crippen LogP contribution in [0.5, 0.6) is 5.75 Å². The molecule has 19 heavy (non-hydrogen) atoms. The Bertz CT molecular complexity index is 649. The van der Waals surface area contributed by atoms with Crippen LogP contribution in [0.4, 0.5) is 10.1 Å². The van der Waals surface area contributed by atoms with E-state index >= 15 is 0 Å². The smallest absolute Gasteiger partial charge is 0.255 e. The Balaban J connectivity index is 2.23. The van der Waals surface area contributed by atoms with Gasteiger partial charge in [-0.15, -0.1) is 0 Å². The number of amides is 1. The fraction of sp³-hybridized carbons (Fsp3) is 0. The Morgan fingerprint density at radius 3 is 2.63 bits per heavy atom. The lowest BCUT2D eigenvalue weighted by atomic mass is 10.2. The molecule has 0 aromatic heterocycles. The molecule has 3 nitrogen and oxygen atoms in total. The molecular formula is C13H8ClFINO2. The van der Waals surface area contributed by atoms with Gasteiger partial charge in [-0.3, -0.25) is 4.79 Å². The van der Waals surface area contributed by atoms with Crippen molar-refractivity contribution < 1.29 is 14.3 Å². The van der Waals surface area contributed by atoms with Gasteiger partial charge in [0.25, 0.3) is 5.91 Å². The maximum atomic E-state index is 13.5. The molecule has 2 rings (SSSR count). The first kappa shape index (κ1) is 14.1. The zero-order valence-electron chi connectivity index (χ0n) is 9.45. The summed E-state index contributed by atoms with van der Waals surface area (Å²) in [6.45, 7) is 0. The minimum Gasteiger partial charge on any atom is -0.507 e. The molecule has 2 aromatic carbocycles. The van der Waals surface area contributed by atoms with Gasteiger partial charge in [-0.05, 0) is 59.0 Å². The summed E-state index contributed by atoms with van der Waals surface area (Å²) in [4.78, 5) is 11.9. The van der Waals surface area contributed by atoms with Crippen molar-refractivity contribution in [3.63, 3.8) is 0 Å². The molecule has 0 bridgehead atoms. The summed E-state index contributed by atoms with van der Waals surface area (Å²) in [7, 11) is 0. The number of aromatic hydroxyl groups is 1. The van der Waals surface area contributed by atoms with Crippen LogP contribution in [0.15, 0.2) is 36.4 Å². The Labute approximate surface area is 127 Å². The highest BCUT2D eigenvalue weighted by Crippen LogP contribution is 2.23. The zero-order valence-corrected chi connectivity index (χ0v) is 12.4. The van der Waals surface area contributed by atoms with E-state index in [0.717, 1.165) is 6.07 Å². The van der Waals surface area contributed by atoms with Crippen LogP contribution >= 0.6 is 34.2 Å². The van der Waals surface area contributed by atoms with Gasteiger partial charge in [0.15, 0.2) is 0 Å². The summed E-state index contributed by atoms with van der Waals surface area (Å²) < 4.78 is 14.2. The van der Waals surface area contributed by atoms with Gasteiger partial charge in [0.1, 0.15) is 11.6 Å². The fourth-order valence-corrected chi connectivity index (χ4v) is 1.93. The largest absolute Gasteiger partial charge is 0.507 e. The molecule has 0 spiro atoms. The predicted molar refractivity (Wildman–Crippen MR) is 80.2 cm³/mol. The van der Waals surface area contributed by atoms with Crippen molar-refractivity contribution >= 4 is 45.8 Å². The highest BCUT2D eigenvalue weighted by molar-refractivity contribution is 14.1. The molecule has 1 amide bonds. The van der Waals surface area contributed by atoms with E-state index in [-0.39, 0.29) is 22.0 Å². The Morgan fingerprint density at radius 1 is 1.26 bits per heavy atom. The topological polar surface area (TPSA) is 49.3 Å². The first-order valence-electron chi connectivity index (χ1n) is 5.22. The Hall–Kier alpha value is -1.34. The number of phenolic OH excluding ortho intramolecular Hbond substituents is 1. The maximum absolute atomic E-state index is 13.5. The number of carbonyl (C=O) groups excluding carboxylic acids is 1. The second-order valence-electron chi connectivity index (χ2n) is 3.74. The molecule has 0 fully saturated rings. The van der Waals surface area contributed by atoms with Crippen LogP contribution in [0.2, 0.25) is 5.02 Å². The molecule has 0 saturated carbocycles. The van der Waals surface area contributed by atoms with Crippen molar-refractivity contribution in [1.82, 2.24) is 0 Å². The predicted octanol–water partition coefficient (Wildman–Crippen LogP) is 4.04. The monoisotopic (exact) mass is 391 g/mol. The fourth-order valence-electron chi connectivity index (χ4n) is 1.44. The van der Waals surface area contributed by atoms with Gasteiger partial charge in [0.2, 0.25) is 0 Å². The van der Waals surface area contributed by atoms with Crippen LogP contribution in [0.25, 0.3) is 0 Å². The first-order chi connectivity index (χ1) is 8.97. The molecule has 2 aromatic rings. The molecule has 2 N–H and O–H groups in total. The molecule has 0 aliphatic carbocycles. The van der Waals surface area contributed by atoms with Gasteiger partial charge in [-0.25, -0.2) is 4.39 Å². The van der Waals surface area contributed by atoms with Crippen LogP contribution in [0, 0.1) is 9.39 Å². The van der Waals surface area contributed by atoms with Gasteiger partial charge in [-0.1, -0.05) is 11.6 Å². The summed E-state index contributed by atoms with van der Waals surface area (Å²) in [6, 6.07) is 8.44. The van der Waals surface area contributed by atoms with Gasteiger partial charge in [0, 0.05) is 10.6 Å². The molecule has 0 radical (unpaired) electrons. The number of hydrogen-bond acceptors (Lipinski definition) is 2. The SMILES string of the molecule is O=C(Nc1ccc(Cl)cc1F)c1ccc(I)c(O)c1. The van der Waals surface area contributed by atoms with Crippen LogP contribution in [-0.2, 0) is 0 Å². The van der Waals surface area contributed by atoms with Crippen molar-refractivity contribution in [2.45, 2.75) is 0 Å². The van der Waals surface area contributed by atoms with Crippen LogP contribution < -0.4 is 5.32 Å². The van der Waals surface area contributed by atoms with E-state index in [9.17, 15) is 14.3 Å². The summed E-state index contributed by atoms with van der Waals surface area (Å²) in [5.41, 5.74) is 0.278. The van der Waals surface area contributed by atoms with Crippen LogP contribution in [0.1, 0.15) is 10.4 Å². The highest BCUT2D eigenvalue weighted by atomic mass is 127. The number of carbonyl (C=O) groups is 1. The van der Waals surface area contributed by atoms with Gasteiger partial charge >= 0.3 is 0 Å². The zero-order chi connectivity index (χ0) is 14.0. The number of anilines is 1. The quantitative estimate of drug-likeness (QED) is 0.759. The molecule has 0 aliphatic rings. The summed E-state index contributed by atoms with van der Waals surface area (Å²) in [6.07, 6.45) is 0. The standard InChI is InChI=1S/C13H8ClFINO2/c14-8-2-4-11(9(15)6-8)17-13(19)7-1-3-10(16)12(18)5-7/h1-6,18H,(H,17,19). The van der Waals surface area contributed by atoms with Crippen molar-refractivity contribution in [1.29, 1.82) is 0 Å². The number of nitrogens with one attached hydrogen (secondary N) is 1. The molecule has 0 atom stereocenters. The molecule has 6 heteroatoms. The average molecular weight is 392 g/mol. The normalized spacial score (nSPS) is 10.3. The van der Waals surface area contributed by atoms with E-state index in [1.807, 2.05) is 22.6 Å². The number of phenols is 1. The van der Waals surface area contributed by atoms with Crippen LogP contribution in [0.3, 0.4) is 0 Å². The summed E-state index contributed by atoms with van der Waals surface area (Å²) >= 11 is 7.56. The minimum absolute atomic E-state index is 0.00447. The third kappa shape index (κ3) is 3.36. The highest BCUT2D eigenvalue weighted by Gasteiger charge is 2.11. The lowest BCUT2D eigenvalue weighted by Crippen LogP contribution is -2.12. The molecule has 0 unspecified atom stereocenters. The lowest BCUT2D eigenvalue weighted by Gasteiger charge is -2.07. The van der Waals surface area contributed by atoms with Crippen LogP contribution in [-0.4, -0.2) is 11.0 Å². The van der Waals surface area contributed by atoms with Crippen molar-refractivity contribution in [2.24, 2.45) is 0 Å².